The van der Waals surface area contributed by atoms with Crippen molar-refractivity contribution >= 4 is 69.2 Å². The Hall–Kier alpha value is -0.300. The fraction of sp³-hybridized carbons (Fsp3) is 0.697. The smallest absolute Gasteiger partial charge is 0.0919 e. The summed E-state index contributed by atoms with van der Waals surface area (Å²) in [7, 11) is 0. The fourth-order valence-electron chi connectivity index (χ4n) is 5.17. The molecule has 0 saturated carbocycles. The van der Waals surface area contributed by atoms with Gasteiger partial charge in [0.1, 0.15) is 0 Å². The van der Waals surface area contributed by atoms with Gasteiger partial charge in [-0.15, -0.1) is 23.5 Å². The van der Waals surface area contributed by atoms with Crippen molar-refractivity contribution in [2.75, 3.05) is 62.7 Å². The van der Waals surface area contributed by atoms with E-state index in [0.717, 1.165) is 18.4 Å². The Balaban J connectivity index is 1.37. The van der Waals surface area contributed by atoms with Crippen LogP contribution in [-0.2, 0) is 0 Å². The summed E-state index contributed by atoms with van der Waals surface area (Å²) in [6, 6.07) is 13.7. The predicted octanol–water partition coefficient (Wildman–Crippen LogP) is 11.0. The Morgan fingerprint density at radius 1 is 0.513 bits per heavy atom. The van der Waals surface area contributed by atoms with Crippen LogP contribution in [0.2, 0.25) is 0 Å². The van der Waals surface area contributed by atoms with Gasteiger partial charge >= 0.3 is 0 Å². The van der Waals surface area contributed by atoms with Crippen molar-refractivity contribution in [1.29, 1.82) is 0 Å². The molecule has 0 aromatic heterocycles. The van der Waals surface area contributed by atoms with Crippen LogP contribution in [0.3, 0.4) is 0 Å². The number of benzene rings is 2. The van der Waals surface area contributed by atoms with E-state index in [0.29, 0.717) is 0 Å². The van der Waals surface area contributed by atoms with Crippen molar-refractivity contribution in [3.05, 3.63) is 36.4 Å². The molecule has 2 aromatic carbocycles. The van der Waals surface area contributed by atoms with E-state index in [1.54, 1.807) is 0 Å². The summed E-state index contributed by atoms with van der Waals surface area (Å²) in [5.74, 6) is 9.91. The predicted molar refractivity (Wildman–Crippen MR) is 190 cm³/mol. The summed E-state index contributed by atoms with van der Waals surface area (Å²) in [4.78, 5) is 5.23. The highest BCUT2D eigenvalue weighted by Crippen LogP contribution is 2.40. The first-order chi connectivity index (χ1) is 19.3. The van der Waals surface area contributed by atoms with Crippen molar-refractivity contribution < 1.29 is 0 Å². The first-order valence-corrected chi connectivity index (χ1v) is 20.3. The molecule has 2 nitrogen and oxygen atoms in total. The third kappa shape index (κ3) is 12.6. The molecule has 220 valence electrons. The fourth-order valence-corrected chi connectivity index (χ4v) is 9.42. The Bertz CT molecular complexity index is 826. The summed E-state index contributed by atoms with van der Waals surface area (Å²) in [5.41, 5.74) is 2.84. The van der Waals surface area contributed by atoms with Crippen LogP contribution in [0.1, 0.15) is 90.9 Å². The molecule has 39 heavy (non-hydrogen) atoms. The molecule has 0 unspecified atom stereocenters. The normalized spacial score (nSPS) is 13.1. The molecular formula is C33H54N2S4. The molecule has 0 bridgehead atoms. The van der Waals surface area contributed by atoms with Crippen molar-refractivity contribution in [2.45, 2.75) is 90.9 Å². The molecule has 1 aliphatic rings. The standard InChI is InChI=1S/C33H54N2S4/c1-3-5-7-9-11-13-21-36-23-25-38-28-34-27-35(29-39-26-24-37-22-14-12-10-8-6-4-2)32-20-16-18-30-17-15-19-31(34)33(30)32/h15-20H,3-14,21-29H2,1-2H3. The summed E-state index contributed by atoms with van der Waals surface area (Å²) < 4.78 is 0. The maximum absolute atomic E-state index is 2.62. The minimum absolute atomic E-state index is 1.01. The third-order valence-corrected chi connectivity index (χ3v) is 12.0. The van der Waals surface area contributed by atoms with Crippen molar-refractivity contribution in [1.82, 2.24) is 0 Å². The number of anilines is 2. The molecule has 0 saturated heterocycles. The van der Waals surface area contributed by atoms with Crippen LogP contribution < -0.4 is 9.80 Å². The zero-order valence-electron chi connectivity index (χ0n) is 24.8. The molecule has 3 rings (SSSR count). The van der Waals surface area contributed by atoms with E-state index in [1.165, 1.54) is 134 Å². The van der Waals surface area contributed by atoms with Crippen LogP contribution in [0.5, 0.6) is 0 Å². The first-order valence-electron chi connectivity index (χ1n) is 15.7. The average molecular weight is 607 g/mol. The van der Waals surface area contributed by atoms with Gasteiger partial charge in [0.2, 0.25) is 0 Å². The van der Waals surface area contributed by atoms with E-state index < -0.39 is 0 Å². The number of unbranched alkanes of at least 4 members (excludes halogenated alkanes) is 10. The SMILES string of the molecule is CCCCCCCCSCCSCN1CN(CSCCSCCCCCCCC)c2cccc3cccc1c23. The van der Waals surface area contributed by atoms with Gasteiger partial charge in [-0.25, -0.2) is 0 Å². The summed E-state index contributed by atoms with van der Waals surface area (Å²) >= 11 is 8.53. The van der Waals surface area contributed by atoms with Gasteiger partial charge in [-0.3, -0.25) is 0 Å². The molecule has 0 aliphatic carbocycles. The Morgan fingerprint density at radius 3 is 1.44 bits per heavy atom. The lowest BCUT2D eigenvalue weighted by molar-refractivity contribution is 0.627. The molecule has 1 aliphatic heterocycles. The minimum Gasteiger partial charge on any atom is -0.344 e. The van der Waals surface area contributed by atoms with Gasteiger partial charge < -0.3 is 9.80 Å². The van der Waals surface area contributed by atoms with E-state index >= 15 is 0 Å². The highest BCUT2D eigenvalue weighted by Gasteiger charge is 2.23. The first kappa shape index (κ1) is 33.2. The van der Waals surface area contributed by atoms with Crippen LogP contribution >= 0.6 is 47.0 Å². The highest BCUT2D eigenvalue weighted by atomic mass is 32.2. The second-order valence-electron chi connectivity index (χ2n) is 10.7. The number of rotatable bonds is 24. The molecule has 0 amide bonds. The second-order valence-corrected chi connectivity index (χ2v) is 15.3. The lowest BCUT2D eigenvalue weighted by Crippen LogP contribution is -2.41. The number of nitrogens with zero attached hydrogens (tertiary/aromatic N) is 2. The van der Waals surface area contributed by atoms with E-state index in [1.807, 2.05) is 0 Å². The van der Waals surface area contributed by atoms with Gasteiger partial charge in [-0.1, -0.05) is 102 Å². The molecular weight excluding hydrogens is 553 g/mol. The van der Waals surface area contributed by atoms with Crippen molar-refractivity contribution in [3.63, 3.8) is 0 Å². The Kier molecular flexibility index (Phi) is 18.2. The molecule has 2 aromatic rings. The van der Waals surface area contributed by atoms with E-state index in [4.69, 9.17) is 0 Å². The zero-order valence-corrected chi connectivity index (χ0v) is 28.1. The Morgan fingerprint density at radius 2 is 0.949 bits per heavy atom. The van der Waals surface area contributed by atoms with Crippen LogP contribution in [0.4, 0.5) is 11.4 Å². The minimum atomic E-state index is 1.01. The van der Waals surface area contributed by atoms with Gasteiger partial charge in [0.15, 0.2) is 0 Å². The largest absolute Gasteiger partial charge is 0.344 e. The number of hydrogen-bond acceptors (Lipinski definition) is 6. The van der Waals surface area contributed by atoms with Crippen LogP contribution in [0.15, 0.2) is 36.4 Å². The second kappa shape index (κ2) is 21.4. The molecule has 0 radical (unpaired) electrons. The molecule has 1 heterocycles. The van der Waals surface area contributed by atoms with Gasteiger partial charge in [0, 0.05) is 39.8 Å². The summed E-state index contributed by atoms with van der Waals surface area (Å²) in [5, 5.41) is 2.82. The van der Waals surface area contributed by atoms with E-state index in [-0.39, 0.29) is 0 Å². The third-order valence-electron chi connectivity index (χ3n) is 7.41. The van der Waals surface area contributed by atoms with E-state index in [9.17, 15) is 0 Å². The summed E-state index contributed by atoms with van der Waals surface area (Å²) in [6.07, 6.45) is 16.9. The number of hydrogen-bond donors (Lipinski definition) is 0. The molecule has 0 spiro atoms. The van der Waals surface area contributed by atoms with Gasteiger partial charge in [0.05, 0.1) is 18.4 Å². The molecule has 6 heteroatoms. The summed E-state index contributed by atoms with van der Waals surface area (Å²) in [6.45, 7) is 5.60. The van der Waals surface area contributed by atoms with Crippen LogP contribution in [0, 0.1) is 0 Å². The van der Waals surface area contributed by atoms with E-state index in [2.05, 4.69) is 107 Å². The van der Waals surface area contributed by atoms with Crippen molar-refractivity contribution in [3.8, 4) is 0 Å². The average Bonchev–Trinajstić information content (AvgIpc) is 2.96. The topological polar surface area (TPSA) is 6.48 Å². The number of thioether (sulfide) groups is 4. The molecule has 0 N–H and O–H groups in total. The zero-order chi connectivity index (χ0) is 27.4. The van der Waals surface area contributed by atoms with Crippen molar-refractivity contribution in [2.24, 2.45) is 0 Å². The quantitative estimate of drug-likeness (QED) is 0.109. The lowest BCUT2D eigenvalue weighted by Gasteiger charge is -2.39. The monoisotopic (exact) mass is 606 g/mol. The maximum Gasteiger partial charge on any atom is 0.0919 e. The highest BCUT2D eigenvalue weighted by molar-refractivity contribution is 8.03. The lowest BCUT2D eigenvalue weighted by atomic mass is 10.0. The molecule has 0 fully saturated rings. The molecule has 0 atom stereocenters. The van der Waals surface area contributed by atoms with Crippen LogP contribution in [0.25, 0.3) is 10.8 Å². The van der Waals surface area contributed by atoms with Gasteiger partial charge in [-0.2, -0.15) is 23.5 Å². The van der Waals surface area contributed by atoms with Gasteiger partial charge in [-0.05, 0) is 41.9 Å². The maximum atomic E-state index is 2.62. The van der Waals surface area contributed by atoms with Crippen LogP contribution in [-0.4, -0.2) is 52.9 Å². The Labute approximate surface area is 258 Å². The van der Waals surface area contributed by atoms with Gasteiger partial charge in [0.25, 0.3) is 0 Å².